The Morgan fingerprint density at radius 1 is 1.53 bits per heavy atom. The lowest BCUT2D eigenvalue weighted by Gasteiger charge is -1.95. The van der Waals surface area contributed by atoms with Crippen LogP contribution >= 0.6 is 22.9 Å². The lowest BCUT2D eigenvalue weighted by atomic mass is 10.2. The van der Waals surface area contributed by atoms with Gasteiger partial charge in [-0.15, -0.1) is 11.3 Å². The van der Waals surface area contributed by atoms with Crippen LogP contribution in [0.5, 0.6) is 0 Å². The minimum Gasteiger partial charge on any atom is -0.481 e. The van der Waals surface area contributed by atoms with Crippen LogP contribution in [0.25, 0.3) is 10.6 Å². The predicted octanol–water partition coefficient (Wildman–Crippen LogP) is 3.40. The highest BCUT2D eigenvalue weighted by molar-refractivity contribution is 7.15. The first-order chi connectivity index (χ1) is 8.06. The fourth-order valence-corrected chi connectivity index (χ4v) is 2.71. The van der Waals surface area contributed by atoms with E-state index in [0.717, 1.165) is 21.1 Å². The molecule has 0 saturated carbocycles. The van der Waals surface area contributed by atoms with Crippen molar-refractivity contribution < 1.29 is 9.90 Å². The zero-order valence-corrected chi connectivity index (χ0v) is 10.7. The molecule has 2 aromatic rings. The molecule has 0 unspecified atom stereocenters. The Morgan fingerprint density at radius 2 is 2.29 bits per heavy atom. The summed E-state index contributed by atoms with van der Waals surface area (Å²) in [5.74, 6) is -0.839. The number of aliphatic carboxylic acids is 1. The van der Waals surface area contributed by atoms with Crippen LogP contribution in [0.2, 0.25) is 5.02 Å². The van der Waals surface area contributed by atoms with E-state index in [1.165, 1.54) is 11.3 Å². The number of carboxylic acid groups (broad SMARTS) is 1. The number of rotatable bonds is 3. The summed E-state index contributed by atoms with van der Waals surface area (Å²) in [6.07, 6.45) is 0.0179. The number of nitrogens with zero attached hydrogens (tertiary/aromatic N) is 1. The van der Waals surface area contributed by atoms with Gasteiger partial charge in [-0.2, -0.15) is 0 Å². The normalized spacial score (nSPS) is 10.5. The third-order valence-electron chi connectivity index (χ3n) is 2.28. The molecule has 0 radical (unpaired) electrons. The summed E-state index contributed by atoms with van der Waals surface area (Å²) in [4.78, 5) is 15.8. The van der Waals surface area contributed by atoms with Gasteiger partial charge in [0.1, 0.15) is 5.01 Å². The molecule has 1 aromatic carbocycles. The van der Waals surface area contributed by atoms with Gasteiger partial charge < -0.3 is 5.11 Å². The monoisotopic (exact) mass is 267 g/mol. The van der Waals surface area contributed by atoms with Gasteiger partial charge in [-0.1, -0.05) is 23.7 Å². The molecule has 5 heteroatoms. The van der Waals surface area contributed by atoms with Crippen LogP contribution < -0.4 is 0 Å². The third kappa shape index (κ3) is 2.84. The van der Waals surface area contributed by atoms with Crippen LogP contribution in [0.4, 0.5) is 0 Å². The maximum Gasteiger partial charge on any atom is 0.308 e. The van der Waals surface area contributed by atoms with Gasteiger partial charge in [-0.25, -0.2) is 4.98 Å². The maximum atomic E-state index is 10.7. The first kappa shape index (κ1) is 12.1. The average molecular weight is 268 g/mol. The van der Waals surface area contributed by atoms with E-state index in [1.54, 1.807) is 6.07 Å². The molecule has 0 atom stereocenters. The molecular weight excluding hydrogens is 258 g/mol. The van der Waals surface area contributed by atoms with Crippen LogP contribution in [0.1, 0.15) is 10.6 Å². The van der Waals surface area contributed by atoms with E-state index in [9.17, 15) is 4.79 Å². The molecule has 3 nitrogen and oxygen atoms in total. The van der Waals surface area contributed by atoms with Gasteiger partial charge in [0, 0.05) is 15.5 Å². The second kappa shape index (κ2) is 4.85. The Labute approximate surface area is 108 Å². The van der Waals surface area contributed by atoms with Crippen LogP contribution in [-0.2, 0) is 11.2 Å². The topological polar surface area (TPSA) is 50.2 Å². The molecule has 1 N–H and O–H groups in total. The van der Waals surface area contributed by atoms with Gasteiger partial charge >= 0.3 is 5.97 Å². The molecular formula is C12H10ClNO2S. The van der Waals surface area contributed by atoms with Crippen LogP contribution in [0.3, 0.4) is 0 Å². The van der Waals surface area contributed by atoms with Crippen LogP contribution in [0, 0.1) is 6.92 Å². The zero-order valence-electron chi connectivity index (χ0n) is 9.11. The molecule has 0 spiro atoms. The summed E-state index contributed by atoms with van der Waals surface area (Å²) in [6.45, 7) is 1.82. The van der Waals surface area contributed by atoms with Crippen molar-refractivity contribution in [1.29, 1.82) is 0 Å². The van der Waals surface area contributed by atoms with E-state index in [0.29, 0.717) is 5.02 Å². The van der Waals surface area contributed by atoms with E-state index in [2.05, 4.69) is 4.98 Å². The van der Waals surface area contributed by atoms with Crippen molar-refractivity contribution in [3.63, 3.8) is 0 Å². The second-order valence-electron chi connectivity index (χ2n) is 3.61. The maximum absolute atomic E-state index is 10.7. The quantitative estimate of drug-likeness (QED) is 0.927. The summed E-state index contributed by atoms with van der Waals surface area (Å²) in [5, 5.41) is 10.2. The number of hydrogen-bond donors (Lipinski definition) is 1. The van der Waals surface area contributed by atoms with Gasteiger partial charge in [0.05, 0.1) is 12.1 Å². The van der Waals surface area contributed by atoms with Gasteiger partial charge in [0.15, 0.2) is 0 Å². The molecule has 88 valence electrons. The minimum absolute atomic E-state index is 0.0179. The molecule has 1 heterocycles. The van der Waals surface area contributed by atoms with Crippen molar-refractivity contribution in [2.24, 2.45) is 0 Å². The first-order valence-electron chi connectivity index (χ1n) is 5.00. The largest absolute Gasteiger partial charge is 0.481 e. The number of carbonyl (C=O) groups is 1. The van der Waals surface area contributed by atoms with E-state index in [-0.39, 0.29) is 6.42 Å². The third-order valence-corrected chi connectivity index (χ3v) is 3.72. The first-order valence-corrected chi connectivity index (χ1v) is 6.20. The summed E-state index contributed by atoms with van der Waals surface area (Å²) in [7, 11) is 0. The molecule has 0 amide bonds. The Morgan fingerprint density at radius 3 is 2.94 bits per heavy atom. The Balaban J connectivity index is 2.37. The minimum atomic E-state index is -0.839. The molecule has 0 bridgehead atoms. The second-order valence-corrected chi connectivity index (χ2v) is 5.13. The van der Waals surface area contributed by atoms with Gasteiger partial charge in [-0.3, -0.25) is 4.79 Å². The number of halogens is 1. The number of carboxylic acids is 1. The molecule has 0 fully saturated rings. The summed E-state index contributed by atoms with van der Waals surface area (Å²) in [5.41, 5.74) is 1.69. The van der Waals surface area contributed by atoms with Crippen LogP contribution in [-0.4, -0.2) is 16.1 Å². The molecule has 2 rings (SSSR count). The Hall–Kier alpha value is -1.39. The summed E-state index contributed by atoms with van der Waals surface area (Å²) in [6, 6.07) is 7.38. The van der Waals surface area contributed by atoms with Crippen molar-refractivity contribution in [1.82, 2.24) is 4.98 Å². The highest BCUT2D eigenvalue weighted by atomic mass is 35.5. The van der Waals surface area contributed by atoms with Crippen molar-refractivity contribution in [3.05, 3.63) is 39.9 Å². The Bertz CT molecular complexity index is 565. The van der Waals surface area contributed by atoms with E-state index in [4.69, 9.17) is 16.7 Å². The molecule has 0 saturated heterocycles. The number of benzene rings is 1. The van der Waals surface area contributed by atoms with Gasteiger partial charge in [0.2, 0.25) is 0 Å². The zero-order chi connectivity index (χ0) is 12.4. The van der Waals surface area contributed by atoms with Gasteiger partial charge in [0.25, 0.3) is 0 Å². The highest BCUT2D eigenvalue weighted by Crippen LogP contribution is 2.29. The van der Waals surface area contributed by atoms with Crippen LogP contribution in [0.15, 0.2) is 24.3 Å². The average Bonchev–Trinajstić information content (AvgIpc) is 2.59. The number of aromatic nitrogens is 1. The lowest BCUT2D eigenvalue weighted by molar-refractivity contribution is -0.136. The molecule has 0 aliphatic carbocycles. The molecule has 17 heavy (non-hydrogen) atoms. The lowest BCUT2D eigenvalue weighted by Crippen LogP contribution is -1.99. The molecule has 1 aromatic heterocycles. The smallest absolute Gasteiger partial charge is 0.308 e. The van der Waals surface area contributed by atoms with Gasteiger partial charge in [-0.05, 0) is 19.1 Å². The summed E-state index contributed by atoms with van der Waals surface area (Å²) < 4.78 is 0. The van der Waals surface area contributed by atoms with Crippen molar-refractivity contribution in [3.8, 4) is 10.6 Å². The fraction of sp³-hybridized carbons (Fsp3) is 0.167. The van der Waals surface area contributed by atoms with Crippen molar-refractivity contribution in [2.45, 2.75) is 13.3 Å². The predicted molar refractivity (Wildman–Crippen MR) is 68.6 cm³/mol. The fourth-order valence-electron chi connectivity index (χ4n) is 1.47. The highest BCUT2D eigenvalue weighted by Gasteiger charge is 2.12. The number of aryl methyl sites for hydroxylation is 1. The molecule has 0 aliphatic heterocycles. The number of thiazole rings is 1. The van der Waals surface area contributed by atoms with E-state index < -0.39 is 5.97 Å². The SMILES string of the molecule is Cc1nc(-c2cccc(Cl)c2)sc1CC(=O)O. The van der Waals surface area contributed by atoms with Crippen molar-refractivity contribution in [2.75, 3.05) is 0 Å². The van der Waals surface area contributed by atoms with E-state index >= 15 is 0 Å². The molecule has 0 aliphatic rings. The Kier molecular flexibility index (Phi) is 3.45. The standard InChI is InChI=1S/C12H10ClNO2S/c1-7-10(6-11(15)16)17-12(14-7)8-3-2-4-9(13)5-8/h2-5H,6H2,1H3,(H,15,16). The van der Waals surface area contributed by atoms with E-state index in [1.807, 2.05) is 25.1 Å². The number of hydrogen-bond acceptors (Lipinski definition) is 3. The summed E-state index contributed by atoms with van der Waals surface area (Å²) >= 11 is 7.31. The van der Waals surface area contributed by atoms with Crippen molar-refractivity contribution >= 4 is 28.9 Å².